The maximum Gasteiger partial charge on any atom is 0.164 e. The van der Waals surface area contributed by atoms with Crippen LogP contribution in [0.2, 0.25) is 0 Å². The van der Waals surface area contributed by atoms with Gasteiger partial charge in [0.05, 0.1) is 16.6 Å². The predicted molar refractivity (Wildman–Crippen MR) is 277 cm³/mol. The van der Waals surface area contributed by atoms with Gasteiger partial charge in [-0.1, -0.05) is 206 Å². The molecule has 0 bridgehead atoms. The summed E-state index contributed by atoms with van der Waals surface area (Å²) in [6, 6.07) is 82.0. The smallest absolute Gasteiger partial charge is 0.164 e. The minimum absolute atomic E-state index is 0.604. The van der Waals surface area contributed by atoms with Crippen molar-refractivity contribution in [1.82, 2.24) is 24.5 Å². The number of fused-ring (bicyclic) bond motifs is 6. The fraction of sp³-hybridized carbons (Fsp3) is 0. The van der Waals surface area contributed by atoms with Gasteiger partial charge in [0.15, 0.2) is 23.1 Å². The molecule has 0 aliphatic rings. The van der Waals surface area contributed by atoms with Crippen LogP contribution in [0.4, 0.5) is 0 Å². The third kappa shape index (κ3) is 6.74. The summed E-state index contributed by atoms with van der Waals surface area (Å²) in [6.07, 6.45) is 0. The third-order valence-corrected chi connectivity index (χ3v) is 12.9. The van der Waals surface area contributed by atoms with Gasteiger partial charge < -0.3 is 8.98 Å². The second-order valence-electron chi connectivity index (χ2n) is 17.0. The first-order valence-corrected chi connectivity index (χ1v) is 22.8. The lowest BCUT2D eigenvalue weighted by molar-refractivity contribution is 0.632. The van der Waals surface area contributed by atoms with Crippen molar-refractivity contribution in [3.63, 3.8) is 0 Å². The summed E-state index contributed by atoms with van der Waals surface area (Å²) in [5.41, 5.74) is 14.9. The summed E-state index contributed by atoms with van der Waals surface area (Å²) in [7, 11) is 0. The minimum atomic E-state index is 0.604. The second kappa shape index (κ2) is 16.3. The van der Waals surface area contributed by atoms with Crippen LogP contribution >= 0.6 is 0 Å². The quantitative estimate of drug-likeness (QED) is 0.152. The van der Waals surface area contributed by atoms with Crippen LogP contribution in [0, 0.1) is 0 Å². The molecule has 0 spiro atoms. The molecule has 0 aliphatic carbocycles. The van der Waals surface area contributed by atoms with Gasteiger partial charge in [0, 0.05) is 60.6 Å². The number of para-hydroxylation sites is 3. The lowest BCUT2D eigenvalue weighted by atomic mass is 9.95. The molecule has 0 radical (unpaired) electrons. The fourth-order valence-corrected chi connectivity index (χ4v) is 9.64. The van der Waals surface area contributed by atoms with Crippen molar-refractivity contribution in [3.05, 3.63) is 237 Å². The van der Waals surface area contributed by atoms with Gasteiger partial charge in [-0.15, -0.1) is 0 Å². The summed E-state index contributed by atoms with van der Waals surface area (Å²) in [6.45, 7) is 0. The summed E-state index contributed by atoms with van der Waals surface area (Å²) in [5, 5.41) is 4.55. The normalized spacial score (nSPS) is 11.5. The van der Waals surface area contributed by atoms with Crippen molar-refractivity contribution < 1.29 is 4.42 Å². The lowest BCUT2D eigenvalue weighted by Crippen LogP contribution is -2.01. The molecule has 4 aromatic heterocycles. The Kier molecular flexibility index (Phi) is 9.39. The van der Waals surface area contributed by atoms with Gasteiger partial charge >= 0.3 is 0 Å². The van der Waals surface area contributed by atoms with Crippen LogP contribution in [-0.2, 0) is 0 Å². The molecule has 6 heteroatoms. The zero-order chi connectivity index (χ0) is 45.0. The van der Waals surface area contributed by atoms with Gasteiger partial charge in [0.1, 0.15) is 11.5 Å². The van der Waals surface area contributed by atoms with E-state index in [1.165, 1.54) is 10.8 Å². The highest BCUT2D eigenvalue weighted by molar-refractivity contribution is 6.18. The monoisotopic (exact) mass is 869 g/mol. The van der Waals surface area contributed by atoms with E-state index in [-0.39, 0.29) is 0 Å². The molecule has 68 heavy (non-hydrogen) atoms. The Balaban J connectivity index is 0.872. The second-order valence-corrected chi connectivity index (χ2v) is 17.0. The zero-order valence-corrected chi connectivity index (χ0v) is 36.7. The maximum absolute atomic E-state index is 6.95. The van der Waals surface area contributed by atoms with Crippen LogP contribution in [0.1, 0.15) is 0 Å². The Morgan fingerprint density at radius 1 is 0.324 bits per heavy atom. The number of hydrogen-bond acceptors (Lipinski definition) is 5. The molecule has 4 heterocycles. The van der Waals surface area contributed by atoms with E-state index >= 15 is 0 Å². The first-order chi connectivity index (χ1) is 33.7. The largest absolute Gasteiger partial charge is 0.453 e. The molecular formula is C62H39N5O. The zero-order valence-electron chi connectivity index (χ0n) is 36.7. The minimum Gasteiger partial charge on any atom is -0.453 e. The van der Waals surface area contributed by atoms with E-state index in [0.29, 0.717) is 17.5 Å². The molecule has 13 rings (SSSR count). The molecule has 0 N–H and O–H groups in total. The first kappa shape index (κ1) is 39.1. The highest BCUT2D eigenvalue weighted by Gasteiger charge is 2.24. The van der Waals surface area contributed by atoms with Crippen molar-refractivity contribution in [2.75, 3.05) is 0 Å². The van der Waals surface area contributed by atoms with Gasteiger partial charge in [-0.2, -0.15) is 0 Å². The van der Waals surface area contributed by atoms with Crippen molar-refractivity contribution in [1.29, 1.82) is 0 Å². The molecule has 0 unspecified atom stereocenters. The fourth-order valence-electron chi connectivity index (χ4n) is 9.64. The molecule has 318 valence electrons. The van der Waals surface area contributed by atoms with Crippen molar-refractivity contribution >= 4 is 43.7 Å². The Labute approximate surface area is 392 Å². The molecule has 0 saturated heterocycles. The number of furan rings is 1. The van der Waals surface area contributed by atoms with E-state index in [0.717, 1.165) is 100 Å². The van der Waals surface area contributed by atoms with Crippen LogP contribution in [-0.4, -0.2) is 24.5 Å². The van der Waals surface area contributed by atoms with Gasteiger partial charge in [0.25, 0.3) is 0 Å². The van der Waals surface area contributed by atoms with Crippen molar-refractivity contribution in [2.45, 2.75) is 0 Å². The van der Waals surface area contributed by atoms with Gasteiger partial charge in [-0.25, -0.2) is 19.9 Å². The number of pyridine rings is 1. The first-order valence-electron chi connectivity index (χ1n) is 22.8. The predicted octanol–water partition coefficient (Wildman–Crippen LogP) is 15.9. The van der Waals surface area contributed by atoms with E-state index in [1.807, 2.05) is 48.5 Å². The molecule has 0 saturated carbocycles. The van der Waals surface area contributed by atoms with E-state index in [2.05, 4.69) is 193 Å². The number of rotatable bonds is 8. The van der Waals surface area contributed by atoms with Crippen LogP contribution in [0.25, 0.3) is 128 Å². The van der Waals surface area contributed by atoms with Crippen molar-refractivity contribution in [3.8, 4) is 84.7 Å². The summed E-state index contributed by atoms with van der Waals surface area (Å²) >= 11 is 0. The maximum atomic E-state index is 6.95. The number of nitrogens with zero attached hydrogens (tertiary/aromatic N) is 5. The van der Waals surface area contributed by atoms with E-state index < -0.39 is 0 Å². The number of hydrogen-bond donors (Lipinski definition) is 0. The van der Waals surface area contributed by atoms with Gasteiger partial charge in [-0.05, 0) is 47.0 Å². The standard InChI is InChI=1S/C62H39N5O/c1-4-17-42(18-5-1)55-56-51-27-10-13-28-52(51)63-57(59(56)68-58(55)44-19-6-2-7-20-44)43-35-31-40(32-36-43)41-33-37-46(38-34-41)61-64-60(45-21-8-3-9-22-45)65-62(66-61)47-23-16-24-48(39-47)67-53-29-14-11-25-49(53)50-26-12-15-30-54(50)67/h1-39H. The van der Waals surface area contributed by atoms with Crippen LogP contribution in [0.5, 0.6) is 0 Å². The van der Waals surface area contributed by atoms with Crippen LogP contribution in [0.3, 0.4) is 0 Å². The Morgan fingerprint density at radius 2 is 0.779 bits per heavy atom. The highest BCUT2D eigenvalue weighted by atomic mass is 16.3. The third-order valence-electron chi connectivity index (χ3n) is 12.9. The summed E-state index contributed by atoms with van der Waals surface area (Å²) < 4.78 is 9.27. The van der Waals surface area contributed by atoms with Crippen LogP contribution in [0.15, 0.2) is 241 Å². The Hall–Kier alpha value is -9.26. The van der Waals surface area contributed by atoms with E-state index in [9.17, 15) is 0 Å². The average molecular weight is 870 g/mol. The van der Waals surface area contributed by atoms with Crippen molar-refractivity contribution in [2.24, 2.45) is 0 Å². The molecule has 13 aromatic rings. The van der Waals surface area contributed by atoms with Gasteiger partial charge in [-0.3, -0.25) is 0 Å². The molecule has 6 nitrogen and oxygen atoms in total. The van der Waals surface area contributed by atoms with E-state index in [4.69, 9.17) is 24.4 Å². The highest BCUT2D eigenvalue weighted by Crippen LogP contribution is 2.46. The summed E-state index contributed by atoms with van der Waals surface area (Å²) in [5.74, 6) is 2.66. The molecular weight excluding hydrogens is 831 g/mol. The van der Waals surface area contributed by atoms with Gasteiger partial charge in [0.2, 0.25) is 0 Å². The number of aromatic nitrogens is 5. The lowest BCUT2D eigenvalue weighted by Gasteiger charge is -2.12. The molecule has 0 aliphatic heterocycles. The number of benzene rings is 9. The molecule has 0 atom stereocenters. The molecule has 9 aromatic carbocycles. The Bertz CT molecular complexity index is 3940. The Morgan fingerprint density at radius 3 is 1.40 bits per heavy atom. The molecule has 0 fully saturated rings. The van der Waals surface area contributed by atoms with E-state index in [1.54, 1.807) is 0 Å². The SMILES string of the molecule is c1ccc(-c2nc(-c3ccc(-c4ccc(-c5nc6ccccc6c6c(-c7ccccc7)c(-c7ccccc7)oc56)cc4)cc3)nc(-c3cccc(-n4c5ccccc5c5ccccc54)c3)n2)cc1. The molecule has 0 amide bonds. The van der Waals surface area contributed by atoms with Crippen LogP contribution < -0.4 is 0 Å². The topological polar surface area (TPSA) is 69.6 Å². The average Bonchev–Trinajstić information content (AvgIpc) is 3.99. The summed E-state index contributed by atoms with van der Waals surface area (Å²) in [4.78, 5) is 20.5.